The van der Waals surface area contributed by atoms with Gasteiger partial charge in [0.15, 0.2) is 0 Å². The number of rotatable bonds is 4. The van der Waals surface area contributed by atoms with Gasteiger partial charge in [-0.05, 0) is 25.0 Å². The Morgan fingerprint density at radius 3 is 2.53 bits per heavy atom. The summed E-state index contributed by atoms with van der Waals surface area (Å²) >= 11 is 1.73. The number of nitrogens with zero attached hydrogens (tertiary/aromatic N) is 1. The molecule has 1 aromatic carbocycles. The van der Waals surface area contributed by atoms with Crippen LogP contribution in [-0.4, -0.2) is 4.98 Å². The zero-order chi connectivity index (χ0) is 12.3. The van der Waals surface area contributed by atoms with Crippen LogP contribution < -0.4 is 4.74 Å². The van der Waals surface area contributed by atoms with Crippen LogP contribution in [0.3, 0.4) is 0 Å². The Labute approximate surface area is 106 Å². The van der Waals surface area contributed by atoms with Crippen LogP contribution in [0.4, 0.5) is 0 Å². The molecule has 0 aliphatic rings. The number of aryl methyl sites for hydroxylation is 1. The molecule has 0 N–H and O–H groups in total. The van der Waals surface area contributed by atoms with Crippen molar-refractivity contribution in [3.8, 4) is 5.75 Å². The highest BCUT2D eigenvalue weighted by atomic mass is 32.1. The minimum Gasteiger partial charge on any atom is -0.486 e. The topological polar surface area (TPSA) is 22.1 Å². The summed E-state index contributed by atoms with van der Waals surface area (Å²) in [7, 11) is 0. The fraction of sp³-hybridized carbons (Fsp3) is 0.357. The highest BCUT2D eigenvalue weighted by Crippen LogP contribution is 2.24. The van der Waals surface area contributed by atoms with Crippen molar-refractivity contribution in [2.45, 2.75) is 33.3 Å². The molecule has 2 nitrogen and oxygen atoms in total. The third-order valence-electron chi connectivity index (χ3n) is 2.53. The third kappa shape index (κ3) is 3.07. The lowest BCUT2D eigenvalue weighted by molar-refractivity contribution is 0.305. The quantitative estimate of drug-likeness (QED) is 0.809. The second kappa shape index (κ2) is 5.32. The predicted molar refractivity (Wildman–Crippen MR) is 71.7 cm³/mol. The average Bonchev–Trinajstić information content (AvgIpc) is 2.69. The Bertz CT molecular complexity index is 476. The van der Waals surface area contributed by atoms with Gasteiger partial charge in [-0.15, -0.1) is 11.3 Å². The fourth-order valence-electron chi connectivity index (χ4n) is 1.72. The molecule has 0 radical (unpaired) electrons. The summed E-state index contributed by atoms with van der Waals surface area (Å²) < 4.78 is 5.69. The molecule has 0 aliphatic carbocycles. The van der Waals surface area contributed by atoms with Crippen molar-refractivity contribution in [2.75, 3.05) is 0 Å². The van der Waals surface area contributed by atoms with Gasteiger partial charge < -0.3 is 4.74 Å². The van der Waals surface area contributed by atoms with E-state index in [0.29, 0.717) is 12.5 Å². The number of para-hydroxylation sites is 1. The maximum Gasteiger partial charge on any atom is 0.140 e. The van der Waals surface area contributed by atoms with E-state index in [-0.39, 0.29) is 0 Å². The number of hydrogen-bond acceptors (Lipinski definition) is 3. The smallest absolute Gasteiger partial charge is 0.140 e. The van der Waals surface area contributed by atoms with Crippen molar-refractivity contribution in [3.63, 3.8) is 0 Å². The molecule has 17 heavy (non-hydrogen) atoms. The van der Waals surface area contributed by atoms with E-state index in [1.165, 1.54) is 10.6 Å². The molecule has 0 saturated heterocycles. The van der Waals surface area contributed by atoms with Gasteiger partial charge in [0.1, 0.15) is 17.4 Å². The molecule has 0 saturated carbocycles. The monoisotopic (exact) mass is 247 g/mol. The van der Waals surface area contributed by atoms with Crippen LogP contribution in [-0.2, 0) is 6.61 Å². The van der Waals surface area contributed by atoms with Crippen LogP contribution in [0, 0.1) is 6.92 Å². The minimum absolute atomic E-state index is 0.483. The molecule has 0 fully saturated rings. The summed E-state index contributed by atoms with van der Waals surface area (Å²) in [6.07, 6.45) is 0. The molecule has 0 amide bonds. The van der Waals surface area contributed by atoms with E-state index >= 15 is 0 Å². The first-order chi connectivity index (χ1) is 8.16. The van der Waals surface area contributed by atoms with Crippen LogP contribution in [0.15, 0.2) is 30.3 Å². The molecule has 3 heteroatoms. The highest BCUT2D eigenvalue weighted by Gasteiger charge is 2.10. The van der Waals surface area contributed by atoms with Crippen molar-refractivity contribution in [3.05, 3.63) is 45.9 Å². The average molecular weight is 247 g/mol. The lowest BCUT2D eigenvalue weighted by Crippen LogP contribution is -1.96. The van der Waals surface area contributed by atoms with Crippen LogP contribution >= 0.6 is 11.3 Å². The van der Waals surface area contributed by atoms with Crippen LogP contribution in [0.25, 0.3) is 0 Å². The second-order valence-electron chi connectivity index (χ2n) is 4.31. The van der Waals surface area contributed by atoms with Gasteiger partial charge in [0.2, 0.25) is 0 Å². The summed E-state index contributed by atoms with van der Waals surface area (Å²) in [5.74, 6) is 1.38. The van der Waals surface area contributed by atoms with Gasteiger partial charge >= 0.3 is 0 Å². The van der Waals surface area contributed by atoms with Gasteiger partial charge in [-0.25, -0.2) is 4.98 Å². The summed E-state index contributed by atoms with van der Waals surface area (Å²) in [5, 5.41) is 1.05. The molecule has 0 atom stereocenters. The summed E-state index contributed by atoms with van der Waals surface area (Å²) in [4.78, 5) is 5.92. The van der Waals surface area contributed by atoms with Crippen molar-refractivity contribution >= 4 is 11.3 Å². The van der Waals surface area contributed by atoms with Gasteiger partial charge in [0.25, 0.3) is 0 Å². The Morgan fingerprint density at radius 2 is 1.94 bits per heavy atom. The Morgan fingerprint density at radius 1 is 1.24 bits per heavy atom. The lowest BCUT2D eigenvalue weighted by atomic mass is 10.1. The van der Waals surface area contributed by atoms with E-state index < -0.39 is 0 Å². The molecule has 2 rings (SSSR count). The molecule has 2 aromatic rings. The van der Waals surface area contributed by atoms with Gasteiger partial charge in [-0.3, -0.25) is 0 Å². The fourth-order valence-corrected chi connectivity index (χ4v) is 2.73. The highest BCUT2D eigenvalue weighted by molar-refractivity contribution is 7.11. The largest absolute Gasteiger partial charge is 0.486 e. The number of ether oxygens (including phenoxy) is 1. The molecule has 0 bridgehead atoms. The molecule has 0 unspecified atom stereocenters. The standard InChI is InChI=1S/C14H17NOS/c1-10(2)14-11(3)17-13(15-14)9-16-12-7-5-4-6-8-12/h4-8,10H,9H2,1-3H3. The Kier molecular flexibility index (Phi) is 3.79. The molecule has 1 aromatic heterocycles. The number of hydrogen-bond donors (Lipinski definition) is 0. The van der Waals surface area contributed by atoms with Gasteiger partial charge in [0.05, 0.1) is 5.69 Å². The molecule has 0 aliphatic heterocycles. The van der Waals surface area contributed by atoms with E-state index in [1.54, 1.807) is 11.3 Å². The van der Waals surface area contributed by atoms with Crippen molar-refractivity contribution < 1.29 is 4.74 Å². The zero-order valence-corrected chi connectivity index (χ0v) is 11.3. The molecule has 1 heterocycles. The Hall–Kier alpha value is -1.35. The normalized spacial score (nSPS) is 10.8. The summed E-state index contributed by atoms with van der Waals surface area (Å²) in [5.41, 5.74) is 1.20. The van der Waals surface area contributed by atoms with Gasteiger partial charge in [-0.1, -0.05) is 32.0 Å². The van der Waals surface area contributed by atoms with Gasteiger partial charge in [0, 0.05) is 4.88 Å². The van der Waals surface area contributed by atoms with Crippen molar-refractivity contribution in [1.82, 2.24) is 4.98 Å². The van der Waals surface area contributed by atoms with Crippen LogP contribution in [0.2, 0.25) is 0 Å². The third-order valence-corrected chi connectivity index (χ3v) is 3.49. The number of benzene rings is 1. The first kappa shape index (κ1) is 12.1. The van der Waals surface area contributed by atoms with E-state index in [9.17, 15) is 0 Å². The lowest BCUT2D eigenvalue weighted by Gasteiger charge is -2.03. The van der Waals surface area contributed by atoms with E-state index in [1.807, 2.05) is 30.3 Å². The van der Waals surface area contributed by atoms with E-state index in [0.717, 1.165) is 10.8 Å². The first-order valence-electron chi connectivity index (χ1n) is 5.81. The SMILES string of the molecule is Cc1sc(COc2ccccc2)nc1C(C)C. The first-order valence-corrected chi connectivity index (χ1v) is 6.62. The number of aromatic nitrogens is 1. The van der Waals surface area contributed by atoms with E-state index in [4.69, 9.17) is 4.74 Å². The molecular formula is C14H17NOS. The van der Waals surface area contributed by atoms with Gasteiger partial charge in [-0.2, -0.15) is 0 Å². The second-order valence-corrected chi connectivity index (χ2v) is 5.59. The number of thiazole rings is 1. The predicted octanol–water partition coefficient (Wildman–Crippen LogP) is 4.15. The molecule has 90 valence electrons. The maximum atomic E-state index is 5.69. The maximum absolute atomic E-state index is 5.69. The summed E-state index contributed by atoms with van der Waals surface area (Å²) in [6.45, 7) is 7.02. The van der Waals surface area contributed by atoms with Crippen molar-refractivity contribution in [1.29, 1.82) is 0 Å². The van der Waals surface area contributed by atoms with Crippen LogP contribution in [0.1, 0.15) is 35.3 Å². The Balaban J connectivity index is 2.02. The summed E-state index contributed by atoms with van der Waals surface area (Å²) in [6, 6.07) is 9.86. The van der Waals surface area contributed by atoms with Crippen molar-refractivity contribution in [2.24, 2.45) is 0 Å². The minimum atomic E-state index is 0.483. The zero-order valence-electron chi connectivity index (χ0n) is 10.4. The van der Waals surface area contributed by atoms with Crippen LogP contribution in [0.5, 0.6) is 5.75 Å². The molecule has 0 spiro atoms. The van der Waals surface area contributed by atoms with E-state index in [2.05, 4.69) is 25.8 Å². The molecular weight excluding hydrogens is 230 g/mol.